The molecule has 0 bridgehead atoms. The quantitative estimate of drug-likeness (QED) is 0.614. The molecule has 82 valence electrons. The van der Waals surface area contributed by atoms with E-state index in [1.165, 1.54) is 0 Å². The Balaban J connectivity index is 0.000000423. The van der Waals surface area contributed by atoms with E-state index in [4.69, 9.17) is 11.6 Å². The Morgan fingerprint density at radius 2 is 1.80 bits per heavy atom. The average molecular weight is 247 g/mol. The summed E-state index contributed by atoms with van der Waals surface area (Å²) in [6, 6.07) is 9.36. The maximum absolute atomic E-state index is 10.2. The number of rotatable bonds is 2. The highest BCUT2D eigenvalue weighted by Gasteiger charge is 1.95. The molecule has 1 aromatic carbocycles. The third-order valence-electron chi connectivity index (χ3n) is 1.20. The molecule has 0 aromatic heterocycles. The Hall–Kier alpha value is -1.33. The van der Waals surface area contributed by atoms with Crippen LogP contribution in [0.4, 0.5) is 4.79 Å². The lowest BCUT2D eigenvalue weighted by Gasteiger charge is -1.98. The second-order valence-corrected chi connectivity index (χ2v) is 3.19. The van der Waals surface area contributed by atoms with E-state index < -0.39 is 5.43 Å². The fraction of sp³-hybridized carbons (Fsp3) is 0.111. The molecule has 4 nitrogen and oxygen atoms in total. The first kappa shape index (κ1) is 13.7. The second kappa shape index (κ2) is 8.02. The Kier molecular flexibility index (Phi) is 7.31. The Morgan fingerprint density at radius 3 is 2.20 bits per heavy atom. The number of ether oxygens (including phenoxy) is 1. The van der Waals surface area contributed by atoms with Crippen molar-refractivity contribution >= 4 is 34.4 Å². The zero-order chi connectivity index (χ0) is 11.7. The minimum Gasteiger partial charge on any atom is -0.449 e. The van der Waals surface area contributed by atoms with Gasteiger partial charge in [0.05, 0.1) is 0 Å². The Bertz CT molecular complexity index is 315. The van der Waals surface area contributed by atoms with Crippen LogP contribution in [0.5, 0.6) is 0 Å². The molecule has 4 N–H and O–H groups in total. The highest BCUT2D eigenvalue weighted by Crippen LogP contribution is 2.01. The fourth-order valence-electron chi connectivity index (χ4n) is 0.714. The van der Waals surface area contributed by atoms with Crippen LogP contribution in [0.2, 0.25) is 0 Å². The minimum atomic E-state index is -0.770. The molecule has 0 atom stereocenters. The third-order valence-corrected chi connectivity index (χ3v) is 1.30. The minimum absolute atomic E-state index is 0.000000000000000222. The van der Waals surface area contributed by atoms with Crippen LogP contribution in [0.25, 0.3) is 0 Å². The Labute approximate surface area is 98.1 Å². The lowest BCUT2D eigenvalue weighted by Crippen LogP contribution is -2.18. The van der Waals surface area contributed by atoms with Gasteiger partial charge in [0.25, 0.3) is 0 Å². The van der Waals surface area contributed by atoms with Gasteiger partial charge in [0.1, 0.15) is 6.61 Å². The lowest BCUT2D eigenvalue weighted by molar-refractivity contribution is 0.167. The van der Waals surface area contributed by atoms with Gasteiger partial charge < -0.3 is 16.2 Å². The summed E-state index contributed by atoms with van der Waals surface area (Å²) >= 11 is 9.06. The number of halogens is 1. The van der Waals surface area contributed by atoms with Gasteiger partial charge in [-0.15, -0.1) is 0 Å². The van der Waals surface area contributed by atoms with Crippen molar-refractivity contribution in [2.45, 2.75) is 6.61 Å². The van der Waals surface area contributed by atoms with Crippen molar-refractivity contribution in [1.29, 1.82) is 0 Å². The van der Waals surface area contributed by atoms with Crippen LogP contribution in [0.1, 0.15) is 5.56 Å². The molecule has 0 aliphatic heterocycles. The molecule has 0 heterocycles. The molecule has 0 amide bonds. The highest BCUT2D eigenvalue weighted by molar-refractivity contribution is 7.80. The molecule has 0 spiro atoms. The van der Waals surface area contributed by atoms with Crippen molar-refractivity contribution in [2.24, 2.45) is 11.5 Å². The van der Waals surface area contributed by atoms with Crippen molar-refractivity contribution in [3.05, 3.63) is 35.9 Å². The van der Waals surface area contributed by atoms with Gasteiger partial charge in [-0.25, -0.2) is 4.79 Å². The zero-order valence-electron chi connectivity index (χ0n) is 7.85. The van der Waals surface area contributed by atoms with Gasteiger partial charge in [-0.1, -0.05) is 30.3 Å². The number of carbonyl (C=O) groups excluding carboxylic acids is 1. The smallest absolute Gasteiger partial charge is 0.404 e. The van der Waals surface area contributed by atoms with Gasteiger partial charge >= 0.3 is 5.43 Å². The molecule has 0 aliphatic carbocycles. The van der Waals surface area contributed by atoms with Gasteiger partial charge in [0, 0.05) is 11.6 Å². The largest absolute Gasteiger partial charge is 0.449 e. The SMILES string of the molecule is NC(N)=S.O=C(Cl)OCc1ccccc1. The number of thiocarbonyl (C=S) groups is 1. The average Bonchev–Trinajstić information content (AvgIpc) is 2.15. The summed E-state index contributed by atoms with van der Waals surface area (Å²) in [5.41, 5.74) is 9.40. The number of hydrogen-bond donors (Lipinski definition) is 2. The van der Waals surface area contributed by atoms with Crippen molar-refractivity contribution in [2.75, 3.05) is 0 Å². The summed E-state index contributed by atoms with van der Waals surface area (Å²) in [6.45, 7) is 0.239. The molecule has 1 aromatic rings. The van der Waals surface area contributed by atoms with Crippen LogP contribution in [0.3, 0.4) is 0 Å². The van der Waals surface area contributed by atoms with Crippen molar-refractivity contribution in [3.63, 3.8) is 0 Å². The van der Waals surface area contributed by atoms with E-state index in [1.807, 2.05) is 30.3 Å². The molecular weight excluding hydrogens is 236 g/mol. The molecule has 0 aliphatic rings. The van der Waals surface area contributed by atoms with E-state index in [-0.39, 0.29) is 11.7 Å². The molecule has 6 heteroatoms. The normalized spacial score (nSPS) is 8.33. The summed E-state index contributed by atoms with van der Waals surface area (Å²) in [5.74, 6) is 0. The van der Waals surface area contributed by atoms with Crippen LogP contribution in [-0.4, -0.2) is 10.5 Å². The first-order valence-corrected chi connectivity index (χ1v) is 4.72. The summed E-state index contributed by atoms with van der Waals surface area (Å²) in [7, 11) is 0. The second-order valence-electron chi connectivity index (χ2n) is 2.41. The van der Waals surface area contributed by atoms with Crippen LogP contribution in [0.15, 0.2) is 30.3 Å². The standard InChI is InChI=1S/C8H7ClO2.CH4N2S/c9-8(10)11-6-7-4-2-1-3-5-7;2-1(3)4/h1-5H,6H2;(H4,2,3,4). The van der Waals surface area contributed by atoms with E-state index in [0.717, 1.165) is 5.56 Å². The topological polar surface area (TPSA) is 78.3 Å². The van der Waals surface area contributed by atoms with Crippen molar-refractivity contribution in [3.8, 4) is 0 Å². The van der Waals surface area contributed by atoms with Gasteiger partial charge in [0.2, 0.25) is 0 Å². The van der Waals surface area contributed by atoms with Gasteiger partial charge in [-0.2, -0.15) is 0 Å². The molecule has 0 saturated heterocycles. The molecule has 0 fully saturated rings. The number of carbonyl (C=O) groups is 1. The zero-order valence-corrected chi connectivity index (χ0v) is 9.42. The molecule has 15 heavy (non-hydrogen) atoms. The van der Waals surface area contributed by atoms with Crippen LogP contribution in [-0.2, 0) is 11.3 Å². The number of nitrogens with two attached hydrogens (primary N) is 2. The molecule has 0 radical (unpaired) electrons. The number of benzene rings is 1. The van der Waals surface area contributed by atoms with Crippen molar-refractivity contribution < 1.29 is 9.53 Å². The molecule has 0 unspecified atom stereocenters. The van der Waals surface area contributed by atoms with E-state index in [1.54, 1.807) is 0 Å². The van der Waals surface area contributed by atoms with Crippen LogP contribution >= 0.6 is 23.8 Å². The monoisotopic (exact) mass is 246 g/mol. The predicted molar refractivity (Wildman–Crippen MR) is 63.5 cm³/mol. The van der Waals surface area contributed by atoms with Crippen LogP contribution in [0, 0.1) is 0 Å². The van der Waals surface area contributed by atoms with E-state index in [0.29, 0.717) is 0 Å². The third kappa shape index (κ3) is 10.6. The van der Waals surface area contributed by atoms with Gasteiger partial charge in [0.15, 0.2) is 5.11 Å². The van der Waals surface area contributed by atoms with Crippen molar-refractivity contribution in [1.82, 2.24) is 0 Å². The summed E-state index contributed by atoms with van der Waals surface area (Å²) < 4.78 is 4.55. The first-order valence-electron chi connectivity index (χ1n) is 3.93. The van der Waals surface area contributed by atoms with E-state index in [9.17, 15) is 4.79 Å². The maximum Gasteiger partial charge on any atom is 0.404 e. The van der Waals surface area contributed by atoms with E-state index >= 15 is 0 Å². The number of hydrogen-bond acceptors (Lipinski definition) is 3. The van der Waals surface area contributed by atoms with Gasteiger partial charge in [-0.3, -0.25) is 0 Å². The van der Waals surface area contributed by atoms with Crippen LogP contribution < -0.4 is 11.5 Å². The fourth-order valence-corrected chi connectivity index (χ4v) is 0.769. The molecule has 0 saturated carbocycles. The summed E-state index contributed by atoms with van der Waals surface area (Å²) in [6.07, 6.45) is 0. The first-order chi connectivity index (χ1) is 7.02. The summed E-state index contributed by atoms with van der Waals surface area (Å²) in [5, 5.41) is 0.000000000000000222. The van der Waals surface area contributed by atoms with Gasteiger partial charge in [-0.05, 0) is 17.8 Å². The Morgan fingerprint density at radius 1 is 1.33 bits per heavy atom. The molecular formula is C9H11ClN2O2S. The maximum atomic E-state index is 10.2. The highest BCUT2D eigenvalue weighted by atomic mass is 35.5. The predicted octanol–water partition coefficient (Wildman–Crippen LogP) is 1.75. The lowest BCUT2D eigenvalue weighted by atomic mass is 10.2. The summed E-state index contributed by atoms with van der Waals surface area (Å²) in [4.78, 5) is 10.2. The van der Waals surface area contributed by atoms with E-state index in [2.05, 4.69) is 28.4 Å². The molecule has 1 rings (SSSR count).